The van der Waals surface area contributed by atoms with E-state index in [1.807, 2.05) is 37.3 Å². The summed E-state index contributed by atoms with van der Waals surface area (Å²) in [5.41, 5.74) is 9.69. The Labute approximate surface area is 162 Å². The molecule has 0 aliphatic rings. The molecule has 2 aromatic heterocycles. The first-order valence-electron chi connectivity index (χ1n) is 9.02. The Morgan fingerprint density at radius 1 is 1.07 bits per heavy atom. The number of hydrogen-bond donors (Lipinski definition) is 2. The van der Waals surface area contributed by atoms with E-state index in [1.165, 1.54) is 5.56 Å². The highest BCUT2D eigenvalue weighted by Crippen LogP contribution is 2.33. The van der Waals surface area contributed by atoms with Crippen molar-refractivity contribution in [1.29, 1.82) is 0 Å². The van der Waals surface area contributed by atoms with Gasteiger partial charge in [0, 0.05) is 22.7 Å². The van der Waals surface area contributed by atoms with Crippen molar-refractivity contribution in [3.63, 3.8) is 0 Å². The number of nitrogens with two attached hydrogens (primary N) is 1. The van der Waals surface area contributed by atoms with Gasteiger partial charge in [0.25, 0.3) is 0 Å². The molecule has 2 heterocycles. The molecule has 0 saturated carbocycles. The summed E-state index contributed by atoms with van der Waals surface area (Å²) < 4.78 is 11.3. The summed E-state index contributed by atoms with van der Waals surface area (Å²) in [6, 6.07) is 13.8. The van der Waals surface area contributed by atoms with E-state index in [9.17, 15) is 0 Å². The lowest BCUT2D eigenvalue weighted by Gasteiger charge is -2.07. The predicted molar refractivity (Wildman–Crippen MR) is 110 cm³/mol. The molecule has 0 amide bonds. The fourth-order valence-corrected chi connectivity index (χ4v) is 3.05. The van der Waals surface area contributed by atoms with Gasteiger partial charge >= 0.3 is 0 Å². The zero-order chi connectivity index (χ0) is 19.7. The number of nitrogen functional groups attached to an aromatic ring is 1. The third-order valence-electron chi connectivity index (χ3n) is 4.62. The summed E-state index contributed by atoms with van der Waals surface area (Å²) in [6.45, 7) is 4.08. The van der Waals surface area contributed by atoms with E-state index in [0.29, 0.717) is 23.1 Å². The minimum atomic E-state index is 0.120. The Morgan fingerprint density at radius 3 is 2.57 bits per heavy atom. The van der Waals surface area contributed by atoms with Crippen LogP contribution in [0.15, 0.2) is 46.9 Å². The number of rotatable bonds is 5. The van der Waals surface area contributed by atoms with Crippen LogP contribution in [0.25, 0.3) is 22.6 Å². The molecule has 4 rings (SSSR count). The highest BCUT2D eigenvalue weighted by Gasteiger charge is 2.17. The summed E-state index contributed by atoms with van der Waals surface area (Å²) in [4.78, 5) is 13.0. The molecule has 0 saturated heterocycles. The number of methoxy groups -OCH3 is 1. The van der Waals surface area contributed by atoms with Gasteiger partial charge in [-0.1, -0.05) is 19.1 Å². The van der Waals surface area contributed by atoms with Gasteiger partial charge in [0.05, 0.1) is 7.11 Å². The van der Waals surface area contributed by atoms with Crippen LogP contribution >= 0.6 is 0 Å². The maximum atomic E-state index is 6.00. The van der Waals surface area contributed by atoms with Gasteiger partial charge in [-0.2, -0.15) is 15.0 Å². The molecule has 28 heavy (non-hydrogen) atoms. The largest absolute Gasteiger partial charge is 0.497 e. The molecule has 7 nitrogen and oxygen atoms in total. The lowest BCUT2D eigenvalue weighted by atomic mass is 10.1. The minimum absolute atomic E-state index is 0.120. The molecule has 0 bridgehead atoms. The number of aryl methyl sites for hydroxylation is 2. The fourth-order valence-electron chi connectivity index (χ4n) is 3.05. The van der Waals surface area contributed by atoms with Crippen molar-refractivity contribution in [2.45, 2.75) is 20.3 Å². The van der Waals surface area contributed by atoms with E-state index in [1.54, 1.807) is 7.11 Å². The predicted octanol–water partition coefficient (Wildman–Crippen LogP) is 4.49. The summed E-state index contributed by atoms with van der Waals surface area (Å²) >= 11 is 0. The molecule has 0 radical (unpaired) electrons. The Balaban J connectivity index is 1.72. The summed E-state index contributed by atoms with van der Waals surface area (Å²) in [6.07, 6.45) is 0.985. The van der Waals surface area contributed by atoms with E-state index in [0.717, 1.165) is 28.8 Å². The summed E-state index contributed by atoms with van der Waals surface area (Å²) in [5.74, 6) is 2.15. The number of nitrogens with zero attached hydrogens (tertiary/aromatic N) is 3. The Hall–Kier alpha value is -3.61. The molecule has 0 unspecified atom stereocenters. The van der Waals surface area contributed by atoms with Crippen LogP contribution in [-0.4, -0.2) is 22.1 Å². The first-order valence-corrected chi connectivity index (χ1v) is 9.02. The molecule has 4 aromatic rings. The van der Waals surface area contributed by atoms with Crippen LogP contribution in [-0.2, 0) is 6.42 Å². The molecule has 7 heteroatoms. The number of fused-ring (bicyclic) bond motifs is 1. The quantitative estimate of drug-likeness (QED) is 0.530. The van der Waals surface area contributed by atoms with Gasteiger partial charge in [-0.25, -0.2) is 0 Å². The van der Waals surface area contributed by atoms with Gasteiger partial charge in [0.2, 0.25) is 17.7 Å². The number of anilines is 3. The lowest BCUT2D eigenvalue weighted by molar-refractivity contribution is 0.414. The van der Waals surface area contributed by atoms with Crippen LogP contribution in [0.3, 0.4) is 0 Å². The smallest absolute Gasteiger partial charge is 0.232 e. The Morgan fingerprint density at radius 2 is 1.86 bits per heavy atom. The normalized spacial score (nSPS) is 11.0. The molecule has 2 aromatic carbocycles. The molecule has 0 atom stereocenters. The Bertz CT molecular complexity index is 1140. The molecule has 0 spiro atoms. The van der Waals surface area contributed by atoms with Gasteiger partial charge < -0.3 is 20.2 Å². The molecule has 0 aliphatic heterocycles. The number of hydrogen-bond acceptors (Lipinski definition) is 7. The second-order valence-electron chi connectivity index (χ2n) is 6.43. The standard InChI is InChI=1S/C21H21N5O2/c1-4-13-5-7-14(8-6-13)23-21-25-19(24-20(22)26-21)18-12(2)16-10-9-15(27-3)11-17(16)28-18/h5-11H,4H2,1-3H3,(H3,22,23,24,25,26). The maximum absolute atomic E-state index is 6.00. The van der Waals surface area contributed by atoms with Crippen molar-refractivity contribution >= 4 is 28.6 Å². The van der Waals surface area contributed by atoms with E-state index in [-0.39, 0.29) is 5.95 Å². The van der Waals surface area contributed by atoms with Crippen molar-refractivity contribution in [2.24, 2.45) is 0 Å². The summed E-state index contributed by atoms with van der Waals surface area (Å²) in [7, 11) is 1.62. The molecule has 0 aliphatic carbocycles. The maximum Gasteiger partial charge on any atom is 0.232 e. The third kappa shape index (κ3) is 3.34. The monoisotopic (exact) mass is 375 g/mol. The third-order valence-corrected chi connectivity index (χ3v) is 4.62. The van der Waals surface area contributed by atoms with Crippen molar-refractivity contribution in [3.05, 3.63) is 53.6 Å². The number of aromatic nitrogens is 3. The highest BCUT2D eigenvalue weighted by molar-refractivity contribution is 5.87. The lowest BCUT2D eigenvalue weighted by Crippen LogP contribution is -2.05. The van der Waals surface area contributed by atoms with Gasteiger partial charge in [-0.15, -0.1) is 0 Å². The average Bonchev–Trinajstić information content (AvgIpc) is 3.04. The molecular weight excluding hydrogens is 354 g/mol. The van der Waals surface area contributed by atoms with E-state index in [2.05, 4.69) is 39.3 Å². The number of ether oxygens (including phenoxy) is 1. The van der Waals surface area contributed by atoms with Crippen LogP contribution in [0.2, 0.25) is 0 Å². The van der Waals surface area contributed by atoms with Crippen LogP contribution in [0.4, 0.5) is 17.6 Å². The van der Waals surface area contributed by atoms with Crippen molar-refractivity contribution in [3.8, 4) is 17.3 Å². The average molecular weight is 375 g/mol. The fraction of sp³-hybridized carbons (Fsp3) is 0.190. The highest BCUT2D eigenvalue weighted by atomic mass is 16.5. The number of furan rings is 1. The van der Waals surface area contributed by atoms with Gasteiger partial charge in [0.1, 0.15) is 11.3 Å². The zero-order valence-electron chi connectivity index (χ0n) is 16.0. The van der Waals surface area contributed by atoms with Crippen LogP contribution in [0, 0.1) is 6.92 Å². The summed E-state index contributed by atoms with van der Waals surface area (Å²) in [5, 5.41) is 4.15. The van der Waals surface area contributed by atoms with Crippen molar-refractivity contribution in [1.82, 2.24) is 15.0 Å². The van der Waals surface area contributed by atoms with Crippen LogP contribution in [0.5, 0.6) is 5.75 Å². The van der Waals surface area contributed by atoms with Gasteiger partial charge in [-0.05, 0) is 43.2 Å². The van der Waals surface area contributed by atoms with E-state index >= 15 is 0 Å². The molecular formula is C21H21N5O2. The van der Waals surface area contributed by atoms with Gasteiger partial charge in [-0.3, -0.25) is 0 Å². The first-order chi connectivity index (χ1) is 13.6. The molecule has 0 fully saturated rings. The van der Waals surface area contributed by atoms with Crippen LogP contribution in [0.1, 0.15) is 18.1 Å². The molecule has 3 N–H and O–H groups in total. The Kier molecular flexibility index (Phi) is 4.57. The van der Waals surface area contributed by atoms with Crippen LogP contribution < -0.4 is 15.8 Å². The first kappa shape index (κ1) is 17.8. The van der Waals surface area contributed by atoms with Crippen molar-refractivity contribution < 1.29 is 9.15 Å². The topological polar surface area (TPSA) is 99.1 Å². The van der Waals surface area contributed by atoms with E-state index in [4.69, 9.17) is 14.9 Å². The SMILES string of the molecule is CCc1ccc(Nc2nc(N)nc(-c3oc4cc(OC)ccc4c3C)n2)cc1. The second-order valence-corrected chi connectivity index (χ2v) is 6.43. The zero-order valence-corrected chi connectivity index (χ0v) is 16.0. The van der Waals surface area contributed by atoms with Crippen molar-refractivity contribution in [2.75, 3.05) is 18.2 Å². The van der Waals surface area contributed by atoms with Gasteiger partial charge in [0.15, 0.2) is 5.76 Å². The number of benzene rings is 2. The minimum Gasteiger partial charge on any atom is -0.497 e. The second kappa shape index (κ2) is 7.19. The molecule has 142 valence electrons. The van der Waals surface area contributed by atoms with E-state index < -0.39 is 0 Å². The number of nitrogens with one attached hydrogen (secondary N) is 1.